The summed E-state index contributed by atoms with van der Waals surface area (Å²) in [6.07, 6.45) is 2.10. The maximum Gasteiger partial charge on any atom is 0.348 e. The van der Waals surface area contributed by atoms with Crippen LogP contribution in [0.1, 0.15) is 76.1 Å². The molecule has 2 aromatic rings. The van der Waals surface area contributed by atoms with Crippen molar-refractivity contribution in [2.75, 3.05) is 25.0 Å². The van der Waals surface area contributed by atoms with Crippen LogP contribution in [0.15, 0.2) is 31.6 Å². The second-order valence-electron chi connectivity index (χ2n) is 9.00. The third kappa shape index (κ3) is 7.32. The highest BCUT2D eigenvalue weighted by Crippen LogP contribution is 2.43. The molecule has 2 heterocycles. The van der Waals surface area contributed by atoms with Crippen molar-refractivity contribution >= 4 is 49.9 Å². The van der Waals surface area contributed by atoms with Gasteiger partial charge in [-0.3, -0.25) is 14.9 Å². The van der Waals surface area contributed by atoms with Crippen molar-refractivity contribution in [2.45, 2.75) is 71.1 Å². The van der Waals surface area contributed by atoms with E-state index in [0.717, 1.165) is 16.9 Å². The van der Waals surface area contributed by atoms with Gasteiger partial charge in [0.15, 0.2) is 21.7 Å². The lowest BCUT2D eigenvalue weighted by atomic mass is 10.1. The molecule has 224 valence electrons. The number of sulfonamides is 1. The van der Waals surface area contributed by atoms with Gasteiger partial charge in [0.1, 0.15) is 10.7 Å². The smallest absolute Gasteiger partial charge is 0.348 e. The van der Waals surface area contributed by atoms with Crippen LogP contribution in [0.25, 0.3) is 0 Å². The maximum absolute atomic E-state index is 13.1. The molecule has 2 unspecified atom stereocenters. The number of esters is 1. The summed E-state index contributed by atoms with van der Waals surface area (Å²) in [5.41, 5.74) is 6.79. The highest BCUT2D eigenvalue weighted by atomic mass is 32.2. The number of ether oxygens (including phenoxy) is 1. The third-order valence-corrected chi connectivity index (χ3v) is 10.4. The van der Waals surface area contributed by atoms with Crippen LogP contribution in [0, 0.1) is 6.92 Å². The Balaban J connectivity index is 2.75. The summed E-state index contributed by atoms with van der Waals surface area (Å²) in [5.74, 6) is -1.33. The van der Waals surface area contributed by atoms with Gasteiger partial charge in [0.05, 0.1) is 18.6 Å². The summed E-state index contributed by atoms with van der Waals surface area (Å²) in [4.78, 5) is 15.2. The Morgan fingerprint density at radius 2 is 1.93 bits per heavy atom. The summed E-state index contributed by atoms with van der Waals surface area (Å²) in [7, 11) is -4.05. The number of aryl methyl sites for hydroxylation is 1. The van der Waals surface area contributed by atoms with Crippen molar-refractivity contribution in [2.24, 2.45) is 5.73 Å². The van der Waals surface area contributed by atoms with E-state index in [9.17, 15) is 27.1 Å². The molecular weight excluding hydrogens is 580 g/mol. The van der Waals surface area contributed by atoms with Crippen molar-refractivity contribution < 1.29 is 41.2 Å². The summed E-state index contributed by atoms with van der Waals surface area (Å²) >= 11 is -2.33. The van der Waals surface area contributed by atoms with E-state index < -0.39 is 49.5 Å². The predicted octanol–water partition coefficient (Wildman–Crippen LogP) is 2.16. The van der Waals surface area contributed by atoms with E-state index in [4.69, 9.17) is 14.9 Å². The highest BCUT2D eigenvalue weighted by Gasteiger charge is 2.33. The fourth-order valence-electron chi connectivity index (χ4n) is 3.82. The van der Waals surface area contributed by atoms with E-state index in [2.05, 4.69) is 10.3 Å². The number of nitrogens with two attached hydrogens (primary N) is 1. The number of nitrogens with one attached hydrogen (secondary N) is 2. The van der Waals surface area contributed by atoms with Gasteiger partial charge in [-0.1, -0.05) is 34.6 Å². The van der Waals surface area contributed by atoms with Crippen molar-refractivity contribution in [1.82, 2.24) is 4.31 Å². The second kappa shape index (κ2) is 14.3. The summed E-state index contributed by atoms with van der Waals surface area (Å²) < 4.78 is 62.3. The molecule has 0 aliphatic rings. The number of carbonyl (C=O) groups excluding carboxylic acids is 1. The predicted molar refractivity (Wildman–Crippen MR) is 153 cm³/mol. The number of amidine groups is 1. The number of furan rings is 1. The highest BCUT2D eigenvalue weighted by molar-refractivity contribution is 7.91. The quantitative estimate of drug-likeness (QED) is 0.0803. The number of thiophene rings is 1. The van der Waals surface area contributed by atoms with Gasteiger partial charge in [0.2, 0.25) is 0 Å². The third-order valence-electron chi connectivity index (χ3n) is 6.07. The monoisotopic (exact) mass is 618 g/mol. The van der Waals surface area contributed by atoms with Gasteiger partial charge in [-0.05, 0) is 48.9 Å². The van der Waals surface area contributed by atoms with Crippen molar-refractivity contribution in [1.29, 1.82) is 0 Å². The molecule has 0 radical (unpaired) electrons. The van der Waals surface area contributed by atoms with E-state index in [1.807, 2.05) is 26.8 Å². The van der Waals surface area contributed by atoms with Crippen LogP contribution < -0.4 is 16.0 Å². The van der Waals surface area contributed by atoms with Crippen LogP contribution in [0.3, 0.4) is 0 Å². The normalized spacial score (nSPS) is 14.8. The van der Waals surface area contributed by atoms with Crippen molar-refractivity contribution in [3.63, 3.8) is 0 Å². The molecule has 0 aliphatic heterocycles. The number of anilines is 1. The molecule has 40 heavy (non-hydrogen) atoms. The Labute approximate surface area is 241 Å². The van der Waals surface area contributed by atoms with Crippen LogP contribution >= 0.6 is 11.3 Å². The van der Waals surface area contributed by atoms with Crippen LogP contribution in [-0.2, 0) is 30.6 Å². The first kappa shape index (κ1) is 33.5. The fourth-order valence-corrected chi connectivity index (χ4v) is 7.44. The molecule has 0 amide bonds. The van der Waals surface area contributed by atoms with Gasteiger partial charge in [-0.25, -0.2) is 13.2 Å². The zero-order valence-corrected chi connectivity index (χ0v) is 26.1. The van der Waals surface area contributed by atoms with Crippen LogP contribution in [0.5, 0.6) is 5.75 Å². The van der Waals surface area contributed by atoms with Crippen LogP contribution in [0.4, 0.5) is 5.69 Å². The van der Waals surface area contributed by atoms with Crippen molar-refractivity contribution in [3.05, 3.63) is 39.1 Å². The molecule has 0 bridgehead atoms. The van der Waals surface area contributed by atoms with E-state index in [-0.39, 0.29) is 41.3 Å². The first-order valence-corrected chi connectivity index (χ1v) is 16.2. The molecular formula is C25H38N4O8S3. The summed E-state index contributed by atoms with van der Waals surface area (Å²) in [6.45, 7) is 12.5. The topological polar surface area (TPSA) is 189 Å². The molecule has 2 rings (SSSR count). The molecule has 0 spiro atoms. The van der Waals surface area contributed by atoms with Gasteiger partial charge in [-0.2, -0.15) is 4.31 Å². The minimum Gasteiger partial charge on any atom is -0.768 e. The lowest BCUT2D eigenvalue weighted by Crippen LogP contribution is -2.77. The molecule has 5 N–H and O–H groups in total. The molecule has 0 aliphatic carbocycles. The first-order chi connectivity index (χ1) is 18.7. The molecule has 2 aromatic heterocycles. The summed E-state index contributed by atoms with van der Waals surface area (Å²) in [6, 6.07) is 1.34. The number of rotatable bonds is 14. The Hall–Kier alpha value is -2.72. The SMILES string of the molecule is CCOC(=O)C(=C(Nc1c(C)sc(S(=O)(=O)N(CC)CC)c1O)C(N)=[NH+]C(CC)c1cc(C(C)C)co1)S(=O)[O-]. The zero-order valence-electron chi connectivity index (χ0n) is 23.7. The fraction of sp³-hybridized carbons (Fsp3) is 0.520. The minimum atomic E-state index is -4.05. The number of hydrogen-bond donors (Lipinski definition) is 4. The molecule has 0 fully saturated rings. The van der Waals surface area contributed by atoms with E-state index in [1.165, 1.54) is 11.2 Å². The van der Waals surface area contributed by atoms with E-state index in [1.54, 1.807) is 27.0 Å². The van der Waals surface area contributed by atoms with E-state index >= 15 is 0 Å². The first-order valence-electron chi connectivity index (χ1n) is 12.8. The van der Waals surface area contributed by atoms with Gasteiger partial charge in [0, 0.05) is 18.0 Å². The lowest BCUT2D eigenvalue weighted by Gasteiger charge is -2.18. The molecule has 2 atom stereocenters. The van der Waals surface area contributed by atoms with Crippen LogP contribution in [0.2, 0.25) is 0 Å². The molecule has 0 saturated heterocycles. The molecule has 0 aromatic carbocycles. The molecule has 0 saturated carbocycles. The Morgan fingerprint density at radius 3 is 2.40 bits per heavy atom. The Kier molecular flexibility index (Phi) is 11.9. The van der Waals surface area contributed by atoms with Gasteiger partial charge in [-0.15, -0.1) is 11.3 Å². The largest absolute Gasteiger partial charge is 0.768 e. The second-order valence-corrected chi connectivity index (χ2v) is 13.2. The number of aromatic hydroxyl groups is 1. The maximum atomic E-state index is 13.1. The summed E-state index contributed by atoms with van der Waals surface area (Å²) in [5, 5.41) is 13.7. The lowest BCUT2D eigenvalue weighted by molar-refractivity contribution is -0.514. The molecule has 12 nitrogen and oxygen atoms in total. The van der Waals surface area contributed by atoms with E-state index in [0.29, 0.717) is 17.1 Å². The number of hydrogen-bond acceptors (Lipinski definition) is 10. The number of nitrogens with zero attached hydrogens (tertiary/aromatic N) is 1. The molecule has 15 heteroatoms. The van der Waals surface area contributed by atoms with Gasteiger partial charge >= 0.3 is 5.97 Å². The minimum absolute atomic E-state index is 0.114. The zero-order chi connectivity index (χ0) is 30.4. The van der Waals surface area contributed by atoms with Crippen molar-refractivity contribution in [3.8, 4) is 5.75 Å². The Morgan fingerprint density at radius 1 is 1.30 bits per heavy atom. The van der Waals surface area contributed by atoms with Gasteiger partial charge in [0.25, 0.3) is 15.9 Å². The standard InChI is InChI=1S/C25H38N4O8S3/c1-8-17(18-12-16(13-37-18)14(5)6)27-23(26)20(22(39(32)33)24(31)36-11-4)28-19-15(7)38-25(21(19)30)40(34,35)29(9-2)10-3/h12-14,17,28,30H,8-11H2,1-7H3,(H2,26,27)(H,32,33). The van der Waals surface area contributed by atoms with Gasteiger partial charge < -0.3 is 24.1 Å². The number of carbonyl (C=O) groups is 1. The average Bonchev–Trinajstić information content (AvgIpc) is 3.48. The Bertz CT molecular complexity index is 1390. The average molecular weight is 619 g/mol. The van der Waals surface area contributed by atoms with Crippen LogP contribution in [-0.4, -0.2) is 58.1 Å².